The van der Waals surface area contributed by atoms with Crippen molar-refractivity contribution in [3.8, 4) is 0 Å². The van der Waals surface area contributed by atoms with Crippen LogP contribution in [0.3, 0.4) is 0 Å². The molecule has 6 N–H and O–H groups in total. The lowest BCUT2D eigenvalue weighted by Gasteiger charge is -2.33. The fraction of sp³-hybridized carbons (Fsp3) is 0.441. The molecule has 3 atom stereocenters. The van der Waals surface area contributed by atoms with Crippen molar-refractivity contribution in [2.45, 2.75) is 65.0 Å². The van der Waals surface area contributed by atoms with E-state index < -0.39 is 48.9 Å². The third-order valence-corrected chi connectivity index (χ3v) is 7.43. The smallest absolute Gasteiger partial charge is 0.404 e. The molecule has 0 radical (unpaired) electrons. The van der Waals surface area contributed by atoms with Crippen LogP contribution in [0, 0.1) is 5.92 Å². The van der Waals surface area contributed by atoms with Crippen LogP contribution in [0.25, 0.3) is 10.9 Å². The molecule has 3 rings (SSSR count). The second-order valence-corrected chi connectivity index (χ2v) is 11.0. The first kappa shape index (κ1) is 37.7. The second kappa shape index (κ2) is 20.4. The molecule has 14 nitrogen and oxygen atoms in total. The molecule has 2 aromatic carbocycles. The molecule has 1 heterocycles. The van der Waals surface area contributed by atoms with Gasteiger partial charge in [-0.25, -0.2) is 15.1 Å². The third kappa shape index (κ3) is 12.4. The van der Waals surface area contributed by atoms with Gasteiger partial charge in [0.05, 0.1) is 11.6 Å². The molecule has 0 fully saturated rings. The van der Waals surface area contributed by atoms with Crippen LogP contribution in [0.15, 0.2) is 66.9 Å². The van der Waals surface area contributed by atoms with Gasteiger partial charge in [0.15, 0.2) is 12.9 Å². The Balaban J connectivity index is 1.74. The van der Waals surface area contributed by atoms with Gasteiger partial charge < -0.3 is 35.8 Å². The summed E-state index contributed by atoms with van der Waals surface area (Å²) in [5, 5.41) is 20.5. The number of amides is 5. The second-order valence-electron chi connectivity index (χ2n) is 11.0. The third-order valence-electron chi connectivity index (χ3n) is 7.43. The lowest BCUT2D eigenvalue weighted by Crippen LogP contribution is -2.51. The van der Waals surface area contributed by atoms with E-state index >= 15 is 0 Å². The molecule has 0 saturated heterocycles. The summed E-state index contributed by atoms with van der Waals surface area (Å²) in [5.74, 6) is -1.49. The van der Waals surface area contributed by atoms with Gasteiger partial charge in [-0.15, -0.1) is 0 Å². The number of hydrogen-bond acceptors (Lipinski definition) is 8. The van der Waals surface area contributed by atoms with E-state index in [2.05, 4.69) is 31.7 Å². The standard InChI is InChI=1S/C34H46N6O8/c1-4-46-32(47-5-2)23(3)29(26-17-11-15-25-16-12-20-35-30(25)26)39-31(42)27(18-9-10-19-36-34(44)45)38-28(41)22-48-40-33(43)37-21-24-13-7-6-8-14-24/h6-8,11-17,20,23,27,29,32,36H,4-5,9-10,18-19,21-22H2,1-3H3,(H,38,41)(H,39,42)(H,44,45)(H2,37,40,43)/t23-,27-,29?/m0/s1. The van der Waals surface area contributed by atoms with Gasteiger partial charge in [0.2, 0.25) is 11.8 Å². The van der Waals surface area contributed by atoms with E-state index in [1.165, 1.54) is 0 Å². The molecule has 0 aliphatic heterocycles. The molecule has 3 aromatic rings. The first-order chi connectivity index (χ1) is 23.2. The highest BCUT2D eigenvalue weighted by molar-refractivity contribution is 5.89. The first-order valence-electron chi connectivity index (χ1n) is 16.1. The summed E-state index contributed by atoms with van der Waals surface area (Å²) in [7, 11) is 0. The summed E-state index contributed by atoms with van der Waals surface area (Å²) in [6.07, 6.45) is 0.966. The summed E-state index contributed by atoms with van der Waals surface area (Å²) in [6.45, 7) is 6.33. The quantitative estimate of drug-likeness (QED) is 0.0592. The van der Waals surface area contributed by atoms with Crippen LogP contribution >= 0.6 is 0 Å². The number of fused-ring (bicyclic) bond motifs is 1. The maximum absolute atomic E-state index is 14.0. The van der Waals surface area contributed by atoms with Gasteiger partial charge in [-0.3, -0.25) is 19.4 Å². The minimum absolute atomic E-state index is 0.189. The van der Waals surface area contributed by atoms with Crippen molar-refractivity contribution >= 4 is 34.8 Å². The number of pyridine rings is 1. The van der Waals surface area contributed by atoms with Gasteiger partial charge in [0.1, 0.15) is 6.04 Å². The zero-order chi connectivity index (χ0) is 34.7. The van der Waals surface area contributed by atoms with Crippen LogP contribution in [0.5, 0.6) is 0 Å². The Hall–Kier alpha value is -4.79. The Morgan fingerprint density at radius 3 is 2.31 bits per heavy atom. The molecular weight excluding hydrogens is 620 g/mol. The molecule has 14 heteroatoms. The first-order valence-corrected chi connectivity index (χ1v) is 16.1. The number of carbonyl (C=O) groups excluding carboxylic acids is 3. The number of nitrogens with zero attached hydrogens (tertiary/aromatic N) is 1. The predicted molar refractivity (Wildman–Crippen MR) is 178 cm³/mol. The van der Waals surface area contributed by atoms with E-state index in [-0.39, 0.29) is 25.4 Å². The van der Waals surface area contributed by atoms with Gasteiger partial charge in [-0.1, -0.05) is 61.5 Å². The van der Waals surface area contributed by atoms with Crippen molar-refractivity contribution in [3.63, 3.8) is 0 Å². The number of hydroxylamine groups is 1. The minimum atomic E-state index is -1.14. The van der Waals surface area contributed by atoms with Gasteiger partial charge in [0, 0.05) is 49.4 Å². The summed E-state index contributed by atoms with van der Waals surface area (Å²) in [4.78, 5) is 59.5. The highest BCUT2D eigenvalue weighted by Gasteiger charge is 2.33. The van der Waals surface area contributed by atoms with Crippen LogP contribution in [0.1, 0.15) is 57.2 Å². The number of rotatable bonds is 20. The lowest BCUT2D eigenvalue weighted by atomic mass is 9.91. The summed E-state index contributed by atoms with van der Waals surface area (Å²) in [5.41, 5.74) is 4.51. The normalized spacial score (nSPS) is 12.9. The average molecular weight is 667 g/mol. The predicted octanol–water partition coefficient (Wildman–Crippen LogP) is 3.78. The summed E-state index contributed by atoms with van der Waals surface area (Å²) in [6, 6.07) is 16.5. The number of urea groups is 1. The van der Waals surface area contributed by atoms with Crippen molar-refractivity contribution in [3.05, 3.63) is 78.0 Å². The number of aromatic nitrogens is 1. The molecule has 0 aliphatic carbocycles. The Labute approximate surface area is 280 Å². The number of para-hydroxylation sites is 1. The van der Waals surface area contributed by atoms with Crippen molar-refractivity contribution < 1.29 is 38.6 Å². The van der Waals surface area contributed by atoms with E-state index in [0.717, 1.165) is 16.5 Å². The van der Waals surface area contributed by atoms with E-state index in [4.69, 9.17) is 19.4 Å². The van der Waals surface area contributed by atoms with Gasteiger partial charge in [0.25, 0.3) is 0 Å². The van der Waals surface area contributed by atoms with Gasteiger partial charge in [-0.05, 0) is 44.7 Å². The largest absolute Gasteiger partial charge is 0.465 e. The van der Waals surface area contributed by atoms with Crippen LogP contribution in [-0.2, 0) is 30.4 Å². The Kier molecular flexibility index (Phi) is 16.0. The van der Waals surface area contributed by atoms with Crippen molar-refractivity contribution in [1.82, 2.24) is 31.7 Å². The fourth-order valence-electron chi connectivity index (χ4n) is 5.12. The molecule has 0 aliphatic rings. The SMILES string of the molecule is CCOC(OCC)[C@@H](C)C(NC(=O)[C@H](CCCCNC(=O)O)NC(=O)CONC(=O)NCc1ccccc1)c1cccc2cccnc12. The summed E-state index contributed by atoms with van der Waals surface area (Å²) >= 11 is 0. The molecule has 48 heavy (non-hydrogen) atoms. The Morgan fingerprint density at radius 1 is 0.875 bits per heavy atom. The fourth-order valence-corrected chi connectivity index (χ4v) is 5.12. The number of carboxylic acid groups (broad SMARTS) is 1. The molecule has 0 spiro atoms. The Morgan fingerprint density at radius 2 is 1.60 bits per heavy atom. The number of unbranched alkanes of at least 4 members (excludes halogenated alkanes) is 1. The monoisotopic (exact) mass is 666 g/mol. The number of nitrogens with one attached hydrogen (secondary N) is 5. The van der Waals surface area contributed by atoms with E-state index in [1.807, 2.05) is 81.4 Å². The number of carbonyl (C=O) groups is 4. The zero-order valence-corrected chi connectivity index (χ0v) is 27.6. The maximum Gasteiger partial charge on any atom is 0.404 e. The van der Waals surface area contributed by atoms with Crippen molar-refractivity contribution in [2.24, 2.45) is 5.92 Å². The minimum Gasteiger partial charge on any atom is -0.465 e. The van der Waals surface area contributed by atoms with E-state index in [0.29, 0.717) is 31.6 Å². The van der Waals surface area contributed by atoms with Crippen molar-refractivity contribution in [1.29, 1.82) is 0 Å². The molecule has 0 bridgehead atoms. The molecule has 260 valence electrons. The highest BCUT2D eigenvalue weighted by Crippen LogP contribution is 2.31. The lowest BCUT2D eigenvalue weighted by molar-refractivity contribution is -0.170. The van der Waals surface area contributed by atoms with Crippen LogP contribution in [0.4, 0.5) is 9.59 Å². The highest BCUT2D eigenvalue weighted by atomic mass is 16.7. The number of benzene rings is 2. The number of ether oxygens (including phenoxy) is 2. The average Bonchev–Trinajstić information content (AvgIpc) is 3.08. The molecule has 0 saturated carbocycles. The summed E-state index contributed by atoms with van der Waals surface area (Å²) < 4.78 is 11.8. The maximum atomic E-state index is 14.0. The molecular formula is C34H46N6O8. The van der Waals surface area contributed by atoms with Crippen LogP contribution in [-0.4, -0.2) is 72.7 Å². The van der Waals surface area contributed by atoms with Crippen LogP contribution in [0.2, 0.25) is 0 Å². The molecule has 1 aromatic heterocycles. The van der Waals surface area contributed by atoms with Crippen LogP contribution < -0.4 is 26.7 Å². The molecule has 1 unspecified atom stereocenters. The molecule has 5 amide bonds. The topological polar surface area (TPSA) is 189 Å². The van der Waals surface area contributed by atoms with Gasteiger partial charge >= 0.3 is 12.1 Å². The zero-order valence-electron chi connectivity index (χ0n) is 27.6. The van der Waals surface area contributed by atoms with E-state index in [1.54, 1.807) is 6.20 Å². The van der Waals surface area contributed by atoms with Crippen molar-refractivity contribution in [2.75, 3.05) is 26.4 Å². The Bertz CT molecular complexity index is 1450. The number of hydrogen-bond donors (Lipinski definition) is 6. The van der Waals surface area contributed by atoms with Gasteiger partial charge in [-0.2, -0.15) is 0 Å². The van der Waals surface area contributed by atoms with E-state index in [9.17, 15) is 19.2 Å².